The van der Waals surface area contributed by atoms with E-state index < -0.39 is 12.1 Å². The molecule has 240 valence electrons. The topological polar surface area (TPSA) is 131 Å². The number of carboxylic acids is 1. The first-order valence-corrected chi connectivity index (χ1v) is 14.9. The van der Waals surface area contributed by atoms with Crippen LogP contribution in [-0.4, -0.2) is 68.6 Å². The summed E-state index contributed by atoms with van der Waals surface area (Å²) in [5.74, 6) is -2.79. The molecule has 0 bridgehead atoms. The SMILES string of the molecule is Cn1c(=O)n(C)c2cc(Nc3cccc(CC4COCCN4c4nc5c(s4)C(=O)NC(C)(C)C5)c3)ccc21.O=C(O)C(F)(F)F. The minimum absolute atomic E-state index is 0.0302. The van der Waals surface area contributed by atoms with Gasteiger partial charge in [-0.25, -0.2) is 14.6 Å². The average molecular weight is 647 g/mol. The van der Waals surface area contributed by atoms with Gasteiger partial charge in [0.15, 0.2) is 5.13 Å². The third-order valence-corrected chi connectivity index (χ3v) is 8.76. The molecule has 1 atom stereocenters. The number of aliphatic carboxylic acids is 1. The van der Waals surface area contributed by atoms with Gasteiger partial charge in [-0.3, -0.25) is 13.9 Å². The monoisotopic (exact) mass is 646 g/mol. The second-order valence-corrected chi connectivity index (χ2v) is 12.6. The number of carbonyl (C=O) groups excluding carboxylic acids is 1. The van der Waals surface area contributed by atoms with Crippen molar-refractivity contribution in [1.82, 2.24) is 19.4 Å². The van der Waals surface area contributed by atoms with Gasteiger partial charge < -0.3 is 25.4 Å². The van der Waals surface area contributed by atoms with Crippen molar-refractivity contribution in [2.24, 2.45) is 14.1 Å². The lowest BCUT2D eigenvalue weighted by molar-refractivity contribution is -0.192. The van der Waals surface area contributed by atoms with Gasteiger partial charge in [-0.05, 0) is 56.2 Å². The number of amides is 1. The van der Waals surface area contributed by atoms with E-state index in [0.717, 1.165) is 57.5 Å². The fraction of sp³-hybridized carbons (Fsp3) is 0.400. The van der Waals surface area contributed by atoms with Crippen molar-refractivity contribution in [3.8, 4) is 0 Å². The molecular weight excluding hydrogens is 613 g/mol. The number of hydrogen-bond donors (Lipinski definition) is 3. The molecule has 4 heterocycles. The van der Waals surface area contributed by atoms with Crippen LogP contribution < -0.4 is 21.2 Å². The largest absolute Gasteiger partial charge is 0.490 e. The first kappa shape index (κ1) is 32.0. The van der Waals surface area contributed by atoms with Gasteiger partial charge in [0.2, 0.25) is 0 Å². The number of carboxylic acid groups (broad SMARTS) is 1. The minimum Gasteiger partial charge on any atom is -0.475 e. The van der Waals surface area contributed by atoms with Crippen molar-refractivity contribution < 1.29 is 32.6 Å². The van der Waals surface area contributed by atoms with Gasteiger partial charge in [-0.2, -0.15) is 13.2 Å². The zero-order valence-corrected chi connectivity index (χ0v) is 25.9. The highest BCUT2D eigenvalue weighted by molar-refractivity contribution is 7.17. The third-order valence-electron chi connectivity index (χ3n) is 7.63. The van der Waals surface area contributed by atoms with Crippen LogP contribution in [0.15, 0.2) is 47.3 Å². The highest BCUT2D eigenvalue weighted by Gasteiger charge is 2.38. The maximum atomic E-state index is 12.7. The number of aromatic nitrogens is 3. The van der Waals surface area contributed by atoms with E-state index in [4.69, 9.17) is 19.6 Å². The van der Waals surface area contributed by atoms with E-state index in [0.29, 0.717) is 13.2 Å². The van der Waals surface area contributed by atoms with Crippen molar-refractivity contribution in [1.29, 1.82) is 0 Å². The van der Waals surface area contributed by atoms with Crippen molar-refractivity contribution in [2.45, 2.75) is 44.4 Å². The van der Waals surface area contributed by atoms with Gasteiger partial charge in [-0.1, -0.05) is 23.5 Å². The number of ether oxygens (including phenoxy) is 1. The number of thiazole rings is 1. The molecule has 15 heteroatoms. The van der Waals surface area contributed by atoms with Crippen LogP contribution >= 0.6 is 11.3 Å². The van der Waals surface area contributed by atoms with Crippen LogP contribution in [0, 0.1) is 0 Å². The Kier molecular flexibility index (Phi) is 8.68. The van der Waals surface area contributed by atoms with E-state index in [9.17, 15) is 22.8 Å². The van der Waals surface area contributed by atoms with E-state index in [1.807, 2.05) is 38.1 Å². The molecule has 0 radical (unpaired) electrons. The molecule has 4 aromatic rings. The van der Waals surface area contributed by atoms with Gasteiger partial charge in [0.1, 0.15) is 4.88 Å². The van der Waals surface area contributed by atoms with E-state index in [-0.39, 0.29) is 23.2 Å². The summed E-state index contributed by atoms with van der Waals surface area (Å²) in [6, 6.07) is 14.5. The van der Waals surface area contributed by atoms with E-state index in [1.165, 1.54) is 16.9 Å². The average Bonchev–Trinajstić information content (AvgIpc) is 3.47. The Morgan fingerprint density at radius 2 is 1.82 bits per heavy atom. The smallest absolute Gasteiger partial charge is 0.475 e. The van der Waals surface area contributed by atoms with Crippen molar-refractivity contribution in [3.63, 3.8) is 0 Å². The Morgan fingerprint density at radius 3 is 2.53 bits per heavy atom. The zero-order valence-electron chi connectivity index (χ0n) is 25.1. The Bertz CT molecular complexity index is 1810. The molecule has 0 aliphatic carbocycles. The lowest BCUT2D eigenvalue weighted by Gasteiger charge is -2.35. The summed E-state index contributed by atoms with van der Waals surface area (Å²) in [5.41, 5.74) is 5.45. The predicted molar refractivity (Wildman–Crippen MR) is 165 cm³/mol. The minimum atomic E-state index is -5.08. The summed E-state index contributed by atoms with van der Waals surface area (Å²) in [5, 5.41) is 14.6. The Hall–Kier alpha value is -4.37. The number of nitrogens with zero attached hydrogens (tertiary/aromatic N) is 4. The molecule has 3 N–H and O–H groups in total. The number of benzene rings is 2. The summed E-state index contributed by atoms with van der Waals surface area (Å²) in [7, 11) is 3.58. The van der Waals surface area contributed by atoms with Crippen LogP contribution in [0.4, 0.5) is 29.7 Å². The number of anilines is 3. The van der Waals surface area contributed by atoms with E-state index in [1.54, 1.807) is 23.2 Å². The van der Waals surface area contributed by atoms with Crippen molar-refractivity contribution in [3.05, 3.63) is 69.1 Å². The molecule has 45 heavy (non-hydrogen) atoms. The highest BCUT2D eigenvalue weighted by Crippen LogP contribution is 2.34. The highest BCUT2D eigenvalue weighted by atomic mass is 32.1. The summed E-state index contributed by atoms with van der Waals surface area (Å²) in [6.45, 7) is 6.06. The fourth-order valence-electron chi connectivity index (χ4n) is 5.46. The van der Waals surface area contributed by atoms with Crippen LogP contribution in [0.25, 0.3) is 11.0 Å². The maximum absolute atomic E-state index is 12.7. The van der Waals surface area contributed by atoms with Gasteiger partial charge in [-0.15, -0.1) is 0 Å². The quantitative estimate of drug-likeness (QED) is 0.294. The Labute approximate surface area is 260 Å². The number of carbonyl (C=O) groups is 2. The first-order valence-electron chi connectivity index (χ1n) is 14.1. The molecule has 0 saturated carbocycles. The number of fused-ring (bicyclic) bond motifs is 2. The van der Waals surface area contributed by atoms with Crippen LogP contribution in [0.3, 0.4) is 0 Å². The number of rotatable bonds is 5. The number of halogens is 3. The number of hydrogen-bond acceptors (Lipinski definition) is 8. The molecule has 2 aliphatic rings. The molecule has 1 saturated heterocycles. The van der Waals surface area contributed by atoms with E-state index >= 15 is 0 Å². The van der Waals surface area contributed by atoms with Crippen LogP contribution in [-0.2, 0) is 36.5 Å². The van der Waals surface area contributed by atoms with E-state index in [2.05, 4.69) is 33.7 Å². The van der Waals surface area contributed by atoms with Gasteiger partial charge in [0, 0.05) is 44.0 Å². The molecule has 2 aromatic heterocycles. The zero-order chi connectivity index (χ0) is 32.7. The number of morpholine rings is 1. The van der Waals surface area contributed by atoms with Crippen LogP contribution in [0.2, 0.25) is 0 Å². The van der Waals surface area contributed by atoms with Gasteiger partial charge in [0.25, 0.3) is 5.91 Å². The van der Waals surface area contributed by atoms with Crippen LogP contribution in [0.5, 0.6) is 0 Å². The summed E-state index contributed by atoms with van der Waals surface area (Å²) >= 11 is 1.48. The number of nitrogens with one attached hydrogen (secondary N) is 2. The predicted octanol–water partition coefficient (Wildman–Crippen LogP) is 4.22. The normalized spacial score (nSPS) is 17.7. The fourth-order valence-corrected chi connectivity index (χ4v) is 6.54. The number of imidazole rings is 1. The van der Waals surface area contributed by atoms with Gasteiger partial charge in [0.05, 0.1) is 36.0 Å². The summed E-state index contributed by atoms with van der Waals surface area (Å²) < 4.78 is 40.9. The lowest BCUT2D eigenvalue weighted by Crippen LogP contribution is -2.48. The lowest BCUT2D eigenvalue weighted by atomic mass is 9.94. The third kappa shape index (κ3) is 6.99. The van der Waals surface area contributed by atoms with Crippen molar-refractivity contribution in [2.75, 3.05) is 30.0 Å². The Morgan fingerprint density at radius 1 is 1.13 bits per heavy atom. The van der Waals surface area contributed by atoms with Crippen molar-refractivity contribution >= 4 is 50.8 Å². The molecule has 2 aliphatic heterocycles. The maximum Gasteiger partial charge on any atom is 0.490 e. The molecule has 1 unspecified atom stereocenters. The van der Waals surface area contributed by atoms with Gasteiger partial charge >= 0.3 is 17.8 Å². The molecule has 11 nitrogen and oxygen atoms in total. The Balaban J connectivity index is 0.000000515. The standard InChI is InChI=1S/C28H32N6O3S.C2HF3O2/c1-28(2)15-21-24(25(35)31-28)38-26(30-21)34-10-11-37-16-20(34)13-17-6-5-7-18(12-17)29-19-8-9-22-23(14-19)33(4)27(36)32(22)3;3-2(4,5)1(6)7/h5-9,12,14,20,29H,10-11,13,15-16H2,1-4H3,(H,31,35);(H,6,7). The molecule has 1 amide bonds. The summed E-state index contributed by atoms with van der Waals surface area (Å²) in [4.78, 5) is 41.8. The molecule has 1 fully saturated rings. The number of alkyl halides is 3. The molecule has 2 aromatic carbocycles. The molecule has 6 rings (SSSR count). The first-order chi connectivity index (χ1) is 21.1. The molecular formula is C30H33F3N6O5S. The number of aryl methyl sites for hydroxylation is 2. The second-order valence-electron chi connectivity index (χ2n) is 11.6. The molecule has 0 spiro atoms. The van der Waals surface area contributed by atoms with Crippen LogP contribution in [0.1, 0.15) is 34.8 Å². The summed E-state index contributed by atoms with van der Waals surface area (Å²) in [6.07, 6.45) is -3.56. The second kappa shape index (κ2) is 12.2.